The van der Waals surface area contributed by atoms with Gasteiger partial charge < -0.3 is 11.1 Å². The third-order valence-corrected chi connectivity index (χ3v) is 6.35. The number of carbonyl (C=O) groups is 1. The monoisotopic (exact) mass is 582 g/mol. The summed E-state index contributed by atoms with van der Waals surface area (Å²) < 4.78 is 40.1. The smallest absolute Gasteiger partial charge is 0.383 e. The average Bonchev–Trinajstić information content (AvgIpc) is 3.36. The minimum atomic E-state index is -4.49. The van der Waals surface area contributed by atoms with Gasteiger partial charge in [-0.1, -0.05) is 39.0 Å². The van der Waals surface area contributed by atoms with Gasteiger partial charge in [-0.15, -0.1) is 0 Å². The maximum atomic E-state index is 12.8. The summed E-state index contributed by atoms with van der Waals surface area (Å²) in [5, 5.41) is 17.7. The second kappa shape index (κ2) is 11.0. The number of nitriles is 1. The molecule has 9 nitrogen and oxygen atoms in total. The zero-order valence-corrected chi connectivity index (χ0v) is 23.3. The summed E-state index contributed by atoms with van der Waals surface area (Å²) in [6.45, 7) is 5.98. The fraction of sp³-hybridized carbons (Fsp3) is 0.161. The highest BCUT2D eigenvalue weighted by Gasteiger charge is 2.30. The van der Waals surface area contributed by atoms with E-state index in [1.165, 1.54) is 6.33 Å². The van der Waals surface area contributed by atoms with E-state index in [1.54, 1.807) is 47.3 Å². The minimum Gasteiger partial charge on any atom is -0.383 e. The lowest BCUT2D eigenvalue weighted by Gasteiger charge is -2.13. The van der Waals surface area contributed by atoms with Gasteiger partial charge in [-0.3, -0.25) is 9.78 Å². The number of allylic oxidation sites excluding steroid dienone is 2. The summed E-state index contributed by atoms with van der Waals surface area (Å²) in [6, 6.07) is 16.4. The van der Waals surface area contributed by atoms with Gasteiger partial charge in [0.15, 0.2) is 5.65 Å². The number of anilines is 2. The first-order valence-corrected chi connectivity index (χ1v) is 13.0. The zero-order chi connectivity index (χ0) is 30.9. The molecule has 0 aliphatic heterocycles. The highest BCUT2D eigenvalue weighted by Crippen LogP contribution is 2.33. The van der Waals surface area contributed by atoms with Crippen molar-refractivity contribution in [1.29, 1.82) is 5.26 Å². The van der Waals surface area contributed by atoms with E-state index in [4.69, 9.17) is 10.8 Å². The van der Waals surface area contributed by atoms with E-state index in [2.05, 4.69) is 26.3 Å². The Morgan fingerprint density at radius 1 is 1.00 bits per heavy atom. The van der Waals surface area contributed by atoms with Crippen LogP contribution in [0.2, 0.25) is 0 Å². The lowest BCUT2D eigenvalue weighted by atomic mass is 9.93. The van der Waals surface area contributed by atoms with Crippen molar-refractivity contribution >= 4 is 34.0 Å². The fourth-order valence-corrected chi connectivity index (χ4v) is 4.38. The molecule has 12 heteroatoms. The number of hydrogen-bond donors (Lipinski definition) is 2. The van der Waals surface area contributed by atoms with Crippen LogP contribution in [0.15, 0.2) is 79.3 Å². The van der Waals surface area contributed by atoms with Crippen LogP contribution in [0.5, 0.6) is 0 Å². The molecule has 0 spiro atoms. The quantitative estimate of drug-likeness (QED) is 0.221. The average molecular weight is 583 g/mol. The molecule has 5 rings (SSSR count). The van der Waals surface area contributed by atoms with E-state index in [0.717, 1.165) is 24.3 Å². The molecule has 0 atom stereocenters. The van der Waals surface area contributed by atoms with Gasteiger partial charge in [0.05, 0.1) is 27.9 Å². The van der Waals surface area contributed by atoms with Crippen LogP contribution in [-0.4, -0.2) is 30.6 Å². The lowest BCUT2D eigenvalue weighted by Crippen LogP contribution is -2.12. The molecule has 2 aromatic carbocycles. The summed E-state index contributed by atoms with van der Waals surface area (Å²) in [5.41, 5.74) is 8.78. The highest BCUT2D eigenvalue weighted by atomic mass is 19.4. The number of carbonyl (C=O) groups excluding carboxylic acids is 1. The Balaban J connectivity index is 1.47. The van der Waals surface area contributed by atoms with Crippen LogP contribution < -0.4 is 11.1 Å². The molecule has 3 heterocycles. The summed E-state index contributed by atoms with van der Waals surface area (Å²) >= 11 is 0. The molecule has 5 aromatic rings. The van der Waals surface area contributed by atoms with Gasteiger partial charge in [-0.2, -0.15) is 23.5 Å². The maximum absolute atomic E-state index is 12.8. The van der Waals surface area contributed by atoms with Crippen LogP contribution >= 0.6 is 0 Å². The molecule has 216 valence electrons. The largest absolute Gasteiger partial charge is 0.416 e. The van der Waals surface area contributed by atoms with Gasteiger partial charge in [0.1, 0.15) is 23.9 Å². The first-order chi connectivity index (χ1) is 20.3. The van der Waals surface area contributed by atoms with Gasteiger partial charge in [0.2, 0.25) is 0 Å². The number of nitrogens with zero attached hydrogens (tertiary/aromatic N) is 6. The SMILES string of the molecule is CC(C)(C)/C=C(\C#N)c1cc(-n2nc(-c3ccc(NC(=O)c4ccc(C(F)(F)F)cc4)cc3)c3c(N)ncnc32)ccn1. The molecule has 3 N–H and O–H groups in total. The Morgan fingerprint density at radius 2 is 1.70 bits per heavy atom. The van der Waals surface area contributed by atoms with Crippen LogP contribution in [0.4, 0.5) is 24.7 Å². The molecule has 0 saturated heterocycles. The number of benzene rings is 2. The normalized spacial score (nSPS) is 12.3. The van der Waals surface area contributed by atoms with Crippen molar-refractivity contribution in [2.75, 3.05) is 11.1 Å². The molecule has 0 fully saturated rings. The Labute approximate surface area is 244 Å². The lowest BCUT2D eigenvalue weighted by molar-refractivity contribution is -0.137. The Kier molecular flexibility index (Phi) is 7.41. The van der Waals surface area contributed by atoms with E-state index in [1.807, 2.05) is 26.8 Å². The number of aromatic nitrogens is 5. The van der Waals surface area contributed by atoms with E-state index in [-0.39, 0.29) is 16.8 Å². The number of halogens is 3. The van der Waals surface area contributed by atoms with Gasteiger partial charge in [-0.05, 0) is 53.9 Å². The van der Waals surface area contributed by atoms with Crippen molar-refractivity contribution in [2.45, 2.75) is 26.9 Å². The first kappa shape index (κ1) is 28.9. The van der Waals surface area contributed by atoms with Gasteiger partial charge in [0, 0.05) is 23.0 Å². The molecular formula is C31H25F3N8O. The minimum absolute atomic E-state index is 0.0837. The molecule has 43 heavy (non-hydrogen) atoms. The zero-order valence-electron chi connectivity index (χ0n) is 23.3. The second-order valence-electron chi connectivity index (χ2n) is 10.8. The number of rotatable bonds is 5. The Hall–Kier alpha value is -5.57. The molecule has 0 bridgehead atoms. The molecule has 1 amide bonds. The summed E-state index contributed by atoms with van der Waals surface area (Å²) in [5.74, 6) is -0.342. The van der Waals surface area contributed by atoms with Crippen LogP contribution in [0.25, 0.3) is 33.6 Å². The standard InChI is InChI=1S/C31H25F3N8O/c1-30(2,3)15-20(16-35)24-14-23(12-13-37-24)42-28-25(27(36)38-17-39-28)26(41-42)18-6-10-22(11-7-18)40-29(43)19-4-8-21(9-5-19)31(32,33)34/h4-15,17H,1-3H3,(H,40,43)(H2,36,38,39)/b20-15+. The molecule has 0 saturated carbocycles. The van der Waals surface area contributed by atoms with Crippen LogP contribution in [-0.2, 0) is 6.18 Å². The molecule has 0 radical (unpaired) electrons. The molecule has 0 unspecified atom stereocenters. The molecular weight excluding hydrogens is 557 g/mol. The van der Waals surface area contributed by atoms with E-state index in [0.29, 0.717) is 44.9 Å². The van der Waals surface area contributed by atoms with Gasteiger partial charge in [-0.25, -0.2) is 14.6 Å². The number of nitrogens with one attached hydrogen (secondary N) is 1. The van der Waals surface area contributed by atoms with Crippen molar-refractivity contribution in [1.82, 2.24) is 24.7 Å². The first-order valence-electron chi connectivity index (χ1n) is 13.0. The number of hydrogen-bond acceptors (Lipinski definition) is 7. The number of amides is 1. The van der Waals surface area contributed by atoms with Crippen molar-refractivity contribution in [2.24, 2.45) is 5.41 Å². The van der Waals surface area contributed by atoms with E-state index in [9.17, 15) is 23.2 Å². The third-order valence-electron chi connectivity index (χ3n) is 6.35. The summed E-state index contributed by atoms with van der Waals surface area (Å²) in [6.07, 6.45) is 0.287. The topological polar surface area (TPSA) is 135 Å². The van der Waals surface area contributed by atoms with Crippen molar-refractivity contribution in [3.63, 3.8) is 0 Å². The number of nitrogen functional groups attached to an aromatic ring is 1. The molecule has 0 aliphatic rings. The number of fused-ring (bicyclic) bond motifs is 1. The predicted octanol–water partition coefficient (Wildman–Crippen LogP) is 6.68. The van der Waals surface area contributed by atoms with E-state index >= 15 is 0 Å². The number of alkyl halides is 3. The summed E-state index contributed by atoms with van der Waals surface area (Å²) in [7, 11) is 0. The van der Waals surface area contributed by atoms with E-state index < -0.39 is 17.6 Å². The Bertz CT molecular complexity index is 1900. The van der Waals surface area contributed by atoms with Crippen LogP contribution in [0.3, 0.4) is 0 Å². The molecule has 0 aliphatic carbocycles. The van der Waals surface area contributed by atoms with Crippen LogP contribution in [0.1, 0.15) is 42.4 Å². The molecule has 3 aromatic heterocycles. The van der Waals surface area contributed by atoms with Crippen molar-refractivity contribution in [3.8, 4) is 23.0 Å². The van der Waals surface area contributed by atoms with Crippen molar-refractivity contribution < 1.29 is 18.0 Å². The third kappa shape index (κ3) is 6.20. The van der Waals surface area contributed by atoms with Gasteiger partial charge >= 0.3 is 6.18 Å². The maximum Gasteiger partial charge on any atom is 0.416 e. The van der Waals surface area contributed by atoms with Crippen molar-refractivity contribution in [3.05, 3.63) is 96.1 Å². The number of nitrogens with two attached hydrogens (primary N) is 1. The number of pyridine rings is 1. The van der Waals surface area contributed by atoms with Crippen LogP contribution in [0, 0.1) is 16.7 Å². The Morgan fingerprint density at radius 3 is 2.33 bits per heavy atom. The second-order valence-corrected chi connectivity index (χ2v) is 10.8. The fourth-order valence-electron chi connectivity index (χ4n) is 4.38. The highest BCUT2D eigenvalue weighted by molar-refractivity contribution is 6.04. The predicted molar refractivity (Wildman–Crippen MR) is 157 cm³/mol. The summed E-state index contributed by atoms with van der Waals surface area (Å²) in [4.78, 5) is 25.5. The van der Waals surface area contributed by atoms with Gasteiger partial charge in [0.25, 0.3) is 5.91 Å².